The predicted molar refractivity (Wildman–Crippen MR) is 80.2 cm³/mol. The number of methoxy groups -OCH3 is 2. The minimum atomic E-state index is 0.481. The highest BCUT2D eigenvalue weighted by molar-refractivity contribution is 5.75. The summed E-state index contributed by atoms with van der Waals surface area (Å²) in [6.07, 6.45) is 0. The first-order valence-electron chi connectivity index (χ1n) is 6.41. The van der Waals surface area contributed by atoms with Crippen LogP contribution in [-0.2, 0) is 4.74 Å². The van der Waals surface area contributed by atoms with Crippen molar-refractivity contribution in [3.05, 3.63) is 42.5 Å². The van der Waals surface area contributed by atoms with Crippen LogP contribution in [-0.4, -0.2) is 27.4 Å². The summed E-state index contributed by atoms with van der Waals surface area (Å²) < 4.78 is 15.8. The number of para-hydroxylation sites is 1. The molecule has 0 aromatic heterocycles. The Balaban J connectivity index is 2.24. The number of hydrogen-bond donors (Lipinski definition) is 1. The largest absolute Gasteiger partial charge is 0.496 e. The number of rotatable bonds is 6. The summed E-state index contributed by atoms with van der Waals surface area (Å²) in [6.45, 7) is 1.02. The minimum Gasteiger partial charge on any atom is -0.496 e. The summed E-state index contributed by atoms with van der Waals surface area (Å²) in [4.78, 5) is 0. The first kappa shape index (κ1) is 14.2. The van der Waals surface area contributed by atoms with Crippen molar-refractivity contribution >= 4 is 5.69 Å². The Morgan fingerprint density at radius 1 is 0.950 bits per heavy atom. The maximum Gasteiger partial charge on any atom is 0.142 e. The third kappa shape index (κ3) is 3.22. The SMILES string of the molecule is COCCOc1ccc(-c2ccccc2OC)cc1N. The molecule has 0 saturated carbocycles. The maximum atomic E-state index is 6.03. The van der Waals surface area contributed by atoms with Gasteiger partial charge in [-0.2, -0.15) is 0 Å². The van der Waals surface area contributed by atoms with Gasteiger partial charge < -0.3 is 19.9 Å². The molecule has 4 heteroatoms. The fourth-order valence-electron chi connectivity index (χ4n) is 1.97. The number of ether oxygens (including phenoxy) is 3. The summed E-state index contributed by atoms with van der Waals surface area (Å²) in [5.74, 6) is 1.49. The van der Waals surface area contributed by atoms with Gasteiger partial charge in [-0.3, -0.25) is 0 Å². The first-order valence-corrected chi connectivity index (χ1v) is 6.41. The fourth-order valence-corrected chi connectivity index (χ4v) is 1.97. The van der Waals surface area contributed by atoms with Crippen LogP contribution in [0.25, 0.3) is 11.1 Å². The van der Waals surface area contributed by atoms with Gasteiger partial charge in [0.2, 0.25) is 0 Å². The zero-order chi connectivity index (χ0) is 14.4. The third-order valence-corrected chi connectivity index (χ3v) is 2.97. The quantitative estimate of drug-likeness (QED) is 0.649. The Bertz CT molecular complexity index is 569. The Morgan fingerprint density at radius 3 is 2.45 bits per heavy atom. The molecule has 2 rings (SSSR count). The van der Waals surface area contributed by atoms with Gasteiger partial charge in [0, 0.05) is 12.7 Å². The molecule has 2 N–H and O–H groups in total. The van der Waals surface area contributed by atoms with Crippen molar-refractivity contribution in [2.24, 2.45) is 0 Å². The van der Waals surface area contributed by atoms with Crippen molar-refractivity contribution in [2.75, 3.05) is 33.2 Å². The highest BCUT2D eigenvalue weighted by Crippen LogP contribution is 2.33. The van der Waals surface area contributed by atoms with E-state index in [1.54, 1.807) is 14.2 Å². The molecular formula is C16H19NO3. The minimum absolute atomic E-state index is 0.481. The van der Waals surface area contributed by atoms with Crippen molar-refractivity contribution in [1.82, 2.24) is 0 Å². The Morgan fingerprint density at radius 2 is 1.75 bits per heavy atom. The van der Waals surface area contributed by atoms with Crippen molar-refractivity contribution in [3.63, 3.8) is 0 Å². The molecule has 0 unspecified atom stereocenters. The van der Waals surface area contributed by atoms with E-state index in [0.29, 0.717) is 24.7 Å². The lowest BCUT2D eigenvalue weighted by atomic mass is 10.0. The summed E-state index contributed by atoms with van der Waals surface area (Å²) >= 11 is 0. The average Bonchev–Trinajstić information content (AvgIpc) is 2.49. The van der Waals surface area contributed by atoms with E-state index in [0.717, 1.165) is 16.9 Å². The van der Waals surface area contributed by atoms with Crippen LogP contribution in [0.3, 0.4) is 0 Å². The predicted octanol–water partition coefficient (Wildman–Crippen LogP) is 2.97. The molecular weight excluding hydrogens is 254 g/mol. The number of benzene rings is 2. The summed E-state index contributed by atoms with van der Waals surface area (Å²) in [7, 11) is 3.29. The zero-order valence-corrected chi connectivity index (χ0v) is 11.8. The summed E-state index contributed by atoms with van der Waals surface area (Å²) in [6, 6.07) is 13.6. The van der Waals surface area contributed by atoms with Crippen LogP contribution in [0.4, 0.5) is 5.69 Å². The van der Waals surface area contributed by atoms with Gasteiger partial charge in [0.25, 0.3) is 0 Å². The van der Waals surface area contributed by atoms with Gasteiger partial charge in [-0.1, -0.05) is 24.3 Å². The molecule has 0 radical (unpaired) electrons. The van der Waals surface area contributed by atoms with E-state index in [4.69, 9.17) is 19.9 Å². The van der Waals surface area contributed by atoms with Crippen LogP contribution in [0.15, 0.2) is 42.5 Å². The smallest absolute Gasteiger partial charge is 0.142 e. The Hall–Kier alpha value is -2.20. The average molecular weight is 273 g/mol. The topological polar surface area (TPSA) is 53.7 Å². The van der Waals surface area contributed by atoms with E-state index in [1.807, 2.05) is 42.5 Å². The lowest BCUT2D eigenvalue weighted by molar-refractivity contribution is 0.147. The number of hydrogen-bond acceptors (Lipinski definition) is 4. The Kier molecular flexibility index (Phi) is 4.85. The van der Waals surface area contributed by atoms with Gasteiger partial charge in [0.15, 0.2) is 0 Å². The van der Waals surface area contributed by atoms with Crippen LogP contribution < -0.4 is 15.2 Å². The van der Waals surface area contributed by atoms with E-state index in [1.165, 1.54) is 0 Å². The molecule has 4 nitrogen and oxygen atoms in total. The van der Waals surface area contributed by atoms with Crippen LogP contribution in [0.1, 0.15) is 0 Å². The van der Waals surface area contributed by atoms with Crippen LogP contribution in [0.2, 0.25) is 0 Å². The van der Waals surface area contributed by atoms with Gasteiger partial charge in [-0.15, -0.1) is 0 Å². The van der Waals surface area contributed by atoms with Crippen LogP contribution in [0.5, 0.6) is 11.5 Å². The molecule has 106 valence electrons. The number of nitrogen functional groups attached to an aromatic ring is 1. The third-order valence-electron chi connectivity index (χ3n) is 2.97. The normalized spacial score (nSPS) is 10.3. The lowest BCUT2D eigenvalue weighted by Crippen LogP contribution is -2.05. The molecule has 0 spiro atoms. The molecule has 0 atom stereocenters. The van der Waals surface area contributed by atoms with Crippen molar-refractivity contribution in [1.29, 1.82) is 0 Å². The number of anilines is 1. The molecule has 0 aliphatic heterocycles. The molecule has 2 aromatic carbocycles. The van der Waals surface area contributed by atoms with E-state index in [9.17, 15) is 0 Å². The lowest BCUT2D eigenvalue weighted by Gasteiger charge is -2.12. The van der Waals surface area contributed by atoms with Crippen molar-refractivity contribution in [3.8, 4) is 22.6 Å². The molecule has 0 fully saturated rings. The maximum absolute atomic E-state index is 6.03. The number of nitrogens with two attached hydrogens (primary N) is 1. The Labute approximate surface area is 119 Å². The molecule has 0 saturated heterocycles. The van der Waals surface area contributed by atoms with Gasteiger partial charge >= 0.3 is 0 Å². The second-order valence-electron chi connectivity index (χ2n) is 4.29. The highest BCUT2D eigenvalue weighted by atomic mass is 16.5. The molecule has 0 amide bonds. The highest BCUT2D eigenvalue weighted by Gasteiger charge is 2.07. The zero-order valence-electron chi connectivity index (χ0n) is 11.8. The molecule has 2 aromatic rings. The van der Waals surface area contributed by atoms with Crippen molar-refractivity contribution in [2.45, 2.75) is 0 Å². The van der Waals surface area contributed by atoms with E-state index in [2.05, 4.69) is 0 Å². The fraction of sp³-hybridized carbons (Fsp3) is 0.250. The van der Waals surface area contributed by atoms with Gasteiger partial charge in [-0.05, 0) is 23.8 Å². The molecule has 0 bridgehead atoms. The van der Waals surface area contributed by atoms with Crippen LogP contribution in [0, 0.1) is 0 Å². The summed E-state index contributed by atoms with van der Waals surface area (Å²) in [5.41, 5.74) is 8.63. The monoisotopic (exact) mass is 273 g/mol. The van der Waals surface area contributed by atoms with Crippen LogP contribution >= 0.6 is 0 Å². The van der Waals surface area contributed by atoms with Crippen molar-refractivity contribution < 1.29 is 14.2 Å². The standard InChI is InChI=1S/C16H19NO3/c1-18-9-10-20-16-8-7-12(11-14(16)17)13-5-3-4-6-15(13)19-2/h3-8,11H,9-10,17H2,1-2H3. The molecule has 20 heavy (non-hydrogen) atoms. The van der Waals surface area contributed by atoms with E-state index >= 15 is 0 Å². The molecule has 0 aliphatic rings. The van der Waals surface area contributed by atoms with E-state index < -0.39 is 0 Å². The first-order chi connectivity index (χ1) is 9.76. The summed E-state index contributed by atoms with van der Waals surface area (Å²) in [5, 5.41) is 0. The van der Waals surface area contributed by atoms with Gasteiger partial charge in [0.1, 0.15) is 18.1 Å². The van der Waals surface area contributed by atoms with Gasteiger partial charge in [-0.25, -0.2) is 0 Å². The molecule has 0 heterocycles. The van der Waals surface area contributed by atoms with Gasteiger partial charge in [0.05, 0.1) is 19.4 Å². The second-order valence-corrected chi connectivity index (χ2v) is 4.29. The molecule has 0 aliphatic carbocycles. The van der Waals surface area contributed by atoms with E-state index in [-0.39, 0.29) is 0 Å². The second kappa shape index (κ2) is 6.82.